The van der Waals surface area contributed by atoms with Crippen LogP contribution in [0.15, 0.2) is 12.4 Å². The second-order valence-corrected chi connectivity index (χ2v) is 3.51. The van der Waals surface area contributed by atoms with E-state index in [9.17, 15) is 13.2 Å². The SMILES string of the molecule is COc1nccnc1C(N)CCOCC(F)(F)F. The summed E-state index contributed by atoms with van der Waals surface area (Å²) in [6.45, 7) is -1.39. The van der Waals surface area contributed by atoms with E-state index in [4.69, 9.17) is 10.5 Å². The molecule has 1 atom stereocenters. The maximum absolute atomic E-state index is 11.8. The van der Waals surface area contributed by atoms with Gasteiger partial charge in [-0.2, -0.15) is 13.2 Å². The van der Waals surface area contributed by atoms with Crippen LogP contribution in [0.25, 0.3) is 0 Å². The highest BCUT2D eigenvalue weighted by molar-refractivity contribution is 5.20. The van der Waals surface area contributed by atoms with E-state index in [2.05, 4.69) is 14.7 Å². The number of nitrogens with two attached hydrogens (primary N) is 1. The molecule has 2 N–H and O–H groups in total. The smallest absolute Gasteiger partial charge is 0.411 e. The maximum atomic E-state index is 11.8. The number of rotatable bonds is 6. The van der Waals surface area contributed by atoms with Gasteiger partial charge >= 0.3 is 6.18 Å². The first-order valence-corrected chi connectivity index (χ1v) is 5.19. The molecule has 5 nitrogen and oxygen atoms in total. The molecule has 1 aromatic heterocycles. The number of hydrogen-bond acceptors (Lipinski definition) is 5. The van der Waals surface area contributed by atoms with Crippen LogP contribution in [0, 0.1) is 0 Å². The maximum Gasteiger partial charge on any atom is 0.411 e. The minimum absolute atomic E-state index is 0.111. The monoisotopic (exact) mass is 265 g/mol. The van der Waals surface area contributed by atoms with Crippen molar-refractivity contribution in [3.8, 4) is 5.88 Å². The Hall–Kier alpha value is -1.41. The van der Waals surface area contributed by atoms with Gasteiger partial charge in [-0.15, -0.1) is 0 Å². The lowest BCUT2D eigenvalue weighted by molar-refractivity contribution is -0.174. The first-order valence-electron chi connectivity index (χ1n) is 5.19. The van der Waals surface area contributed by atoms with Crippen molar-refractivity contribution in [1.29, 1.82) is 0 Å². The van der Waals surface area contributed by atoms with Crippen molar-refractivity contribution in [3.05, 3.63) is 18.1 Å². The second-order valence-electron chi connectivity index (χ2n) is 3.51. The molecule has 0 aliphatic rings. The topological polar surface area (TPSA) is 70.3 Å². The molecule has 0 saturated heterocycles. The van der Waals surface area contributed by atoms with Gasteiger partial charge in [0.05, 0.1) is 13.2 Å². The zero-order chi connectivity index (χ0) is 13.6. The summed E-state index contributed by atoms with van der Waals surface area (Å²) in [4.78, 5) is 7.89. The normalized spacial score (nSPS) is 13.4. The Bertz CT molecular complexity index is 374. The summed E-state index contributed by atoms with van der Waals surface area (Å²) in [6, 6.07) is -0.582. The largest absolute Gasteiger partial charge is 0.480 e. The summed E-state index contributed by atoms with van der Waals surface area (Å²) >= 11 is 0. The molecule has 0 aliphatic heterocycles. The van der Waals surface area contributed by atoms with Gasteiger partial charge in [-0.05, 0) is 6.42 Å². The van der Waals surface area contributed by atoms with E-state index in [1.807, 2.05) is 0 Å². The van der Waals surface area contributed by atoms with E-state index in [1.165, 1.54) is 19.5 Å². The van der Waals surface area contributed by atoms with Crippen LogP contribution in [0.4, 0.5) is 13.2 Å². The van der Waals surface area contributed by atoms with Gasteiger partial charge in [0.25, 0.3) is 0 Å². The lowest BCUT2D eigenvalue weighted by Gasteiger charge is -2.14. The molecular formula is C10H14F3N3O2. The van der Waals surface area contributed by atoms with Crippen molar-refractivity contribution in [2.24, 2.45) is 5.73 Å². The van der Waals surface area contributed by atoms with E-state index in [1.54, 1.807) is 0 Å². The van der Waals surface area contributed by atoms with Crippen LogP contribution >= 0.6 is 0 Å². The highest BCUT2D eigenvalue weighted by Crippen LogP contribution is 2.20. The highest BCUT2D eigenvalue weighted by Gasteiger charge is 2.27. The number of alkyl halides is 3. The van der Waals surface area contributed by atoms with Crippen molar-refractivity contribution in [2.45, 2.75) is 18.6 Å². The van der Waals surface area contributed by atoms with E-state index in [0.29, 0.717) is 5.69 Å². The van der Waals surface area contributed by atoms with Gasteiger partial charge in [0, 0.05) is 19.0 Å². The Balaban J connectivity index is 2.43. The predicted octanol–water partition coefficient (Wildman–Crippen LogP) is 1.45. The number of ether oxygens (including phenoxy) is 2. The minimum Gasteiger partial charge on any atom is -0.480 e. The molecule has 1 unspecified atom stereocenters. The Morgan fingerprint density at radius 3 is 2.61 bits per heavy atom. The van der Waals surface area contributed by atoms with Crippen molar-refractivity contribution < 1.29 is 22.6 Å². The highest BCUT2D eigenvalue weighted by atomic mass is 19.4. The standard InChI is InChI=1S/C10H14F3N3O2/c1-17-9-8(15-3-4-16-9)7(14)2-5-18-6-10(11,12)13/h3-4,7H,2,5-6,14H2,1H3. The molecule has 1 heterocycles. The molecule has 0 aliphatic carbocycles. The van der Waals surface area contributed by atoms with Crippen LogP contribution in [-0.2, 0) is 4.74 Å². The van der Waals surface area contributed by atoms with Crippen LogP contribution in [0.1, 0.15) is 18.2 Å². The van der Waals surface area contributed by atoms with Gasteiger partial charge in [-0.1, -0.05) is 0 Å². The summed E-state index contributed by atoms with van der Waals surface area (Å²) in [5, 5.41) is 0. The number of halogens is 3. The first kappa shape index (κ1) is 14.7. The van der Waals surface area contributed by atoms with Gasteiger partial charge in [0.2, 0.25) is 5.88 Å². The number of hydrogen-bond donors (Lipinski definition) is 1. The van der Waals surface area contributed by atoms with E-state index < -0.39 is 18.8 Å². The van der Waals surface area contributed by atoms with Crippen LogP contribution < -0.4 is 10.5 Å². The van der Waals surface area contributed by atoms with E-state index >= 15 is 0 Å². The molecule has 0 spiro atoms. The molecule has 8 heteroatoms. The third-order valence-electron chi connectivity index (χ3n) is 2.07. The summed E-state index contributed by atoms with van der Waals surface area (Å²) in [5.41, 5.74) is 6.18. The van der Waals surface area contributed by atoms with E-state index in [0.717, 1.165) is 0 Å². The van der Waals surface area contributed by atoms with Crippen molar-refractivity contribution in [1.82, 2.24) is 9.97 Å². The van der Waals surface area contributed by atoms with Gasteiger partial charge in [0.1, 0.15) is 12.3 Å². The number of nitrogens with zero attached hydrogens (tertiary/aromatic N) is 2. The summed E-state index contributed by atoms with van der Waals surface area (Å²) in [5.74, 6) is 0.265. The molecule has 0 fully saturated rings. The molecule has 0 saturated carbocycles. The molecular weight excluding hydrogens is 251 g/mol. The zero-order valence-electron chi connectivity index (χ0n) is 9.78. The molecule has 0 radical (unpaired) electrons. The van der Waals surface area contributed by atoms with Crippen LogP contribution in [-0.4, -0.2) is 36.5 Å². The average Bonchev–Trinajstić information content (AvgIpc) is 2.33. The molecule has 18 heavy (non-hydrogen) atoms. The van der Waals surface area contributed by atoms with Gasteiger partial charge in [-0.25, -0.2) is 4.98 Å². The third-order valence-corrected chi connectivity index (χ3v) is 2.07. The predicted molar refractivity (Wildman–Crippen MR) is 57.0 cm³/mol. The van der Waals surface area contributed by atoms with Crippen molar-refractivity contribution >= 4 is 0 Å². The van der Waals surface area contributed by atoms with E-state index in [-0.39, 0.29) is 18.9 Å². The lowest BCUT2D eigenvalue weighted by Crippen LogP contribution is -2.20. The van der Waals surface area contributed by atoms with Gasteiger partial charge < -0.3 is 15.2 Å². The second kappa shape index (κ2) is 6.50. The summed E-state index contributed by atoms with van der Waals surface area (Å²) < 4.78 is 44.9. The quantitative estimate of drug-likeness (QED) is 0.788. The molecule has 1 aromatic rings. The Morgan fingerprint density at radius 2 is 2.00 bits per heavy atom. The fourth-order valence-electron chi connectivity index (χ4n) is 1.28. The average molecular weight is 265 g/mol. The van der Waals surface area contributed by atoms with Crippen molar-refractivity contribution in [3.63, 3.8) is 0 Å². The fraction of sp³-hybridized carbons (Fsp3) is 0.600. The summed E-state index contributed by atoms with van der Waals surface area (Å²) in [6.07, 6.45) is -1.25. The Morgan fingerprint density at radius 1 is 1.33 bits per heavy atom. The van der Waals surface area contributed by atoms with Crippen LogP contribution in [0.3, 0.4) is 0 Å². The molecule has 1 rings (SSSR count). The Kier molecular flexibility index (Phi) is 5.29. The Labute approximate surface area is 102 Å². The van der Waals surface area contributed by atoms with Crippen LogP contribution in [0.5, 0.6) is 5.88 Å². The zero-order valence-corrected chi connectivity index (χ0v) is 9.78. The fourth-order valence-corrected chi connectivity index (χ4v) is 1.28. The molecule has 0 amide bonds. The van der Waals surface area contributed by atoms with Crippen LogP contribution in [0.2, 0.25) is 0 Å². The number of aromatic nitrogens is 2. The lowest BCUT2D eigenvalue weighted by atomic mass is 10.1. The summed E-state index contributed by atoms with van der Waals surface area (Å²) in [7, 11) is 1.42. The number of methoxy groups -OCH3 is 1. The van der Waals surface area contributed by atoms with Gasteiger partial charge in [0.15, 0.2) is 0 Å². The third kappa shape index (κ3) is 4.84. The molecule has 0 aromatic carbocycles. The first-order chi connectivity index (χ1) is 8.44. The van der Waals surface area contributed by atoms with Gasteiger partial charge in [-0.3, -0.25) is 4.98 Å². The minimum atomic E-state index is -4.33. The van der Waals surface area contributed by atoms with Crippen molar-refractivity contribution in [2.75, 3.05) is 20.3 Å². The molecule has 0 bridgehead atoms. The molecule has 102 valence electrons.